The molecule has 5 nitrogen and oxygen atoms in total. The van der Waals surface area contributed by atoms with E-state index in [9.17, 15) is 18.0 Å². The molecule has 1 aliphatic heterocycles. The van der Waals surface area contributed by atoms with E-state index < -0.39 is 12.4 Å². The number of amides is 1. The Labute approximate surface area is 119 Å². The van der Waals surface area contributed by atoms with E-state index in [1.54, 1.807) is 6.07 Å². The Morgan fingerprint density at radius 1 is 1.38 bits per heavy atom. The molecule has 0 radical (unpaired) electrons. The molecule has 1 amide bonds. The molecule has 0 spiro atoms. The third-order valence-electron chi connectivity index (χ3n) is 2.70. The van der Waals surface area contributed by atoms with Crippen LogP contribution in [-0.2, 0) is 4.79 Å². The fourth-order valence-corrected chi connectivity index (χ4v) is 1.86. The van der Waals surface area contributed by atoms with Crippen LogP contribution in [0.4, 0.5) is 13.2 Å². The van der Waals surface area contributed by atoms with Crippen LogP contribution in [0.2, 0.25) is 0 Å². The van der Waals surface area contributed by atoms with Crippen molar-refractivity contribution in [2.24, 2.45) is 4.99 Å². The Morgan fingerprint density at radius 3 is 2.81 bits per heavy atom. The average Bonchev–Trinajstić information content (AvgIpc) is 2.76. The van der Waals surface area contributed by atoms with E-state index >= 15 is 0 Å². The van der Waals surface area contributed by atoms with Crippen LogP contribution >= 0.6 is 0 Å². The fourth-order valence-electron chi connectivity index (χ4n) is 1.86. The Kier molecular flexibility index (Phi) is 4.35. The van der Waals surface area contributed by atoms with Crippen molar-refractivity contribution in [3.63, 3.8) is 0 Å². The van der Waals surface area contributed by atoms with Gasteiger partial charge in [-0.1, -0.05) is 19.1 Å². The second-order valence-electron chi connectivity index (χ2n) is 4.42. The molecule has 2 N–H and O–H groups in total. The molecule has 1 heterocycles. The number of nitrogens with zero attached hydrogens (tertiary/aromatic N) is 1. The number of nitrogens with one attached hydrogen (secondary N) is 2. The minimum Gasteiger partial charge on any atom is -0.406 e. The Balaban J connectivity index is 2.15. The Bertz CT molecular complexity index is 558. The summed E-state index contributed by atoms with van der Waals surface area (Å²) in [7, 11) is 0. The van der Waals surface area contributed by atoms with Crippen LogP contribution in [0.5, 0.6) is 5.75 Å². The number of alkyl halides is 3. The van der Waals surface area contributed by atoms with Crippen LogP contribution in [0, 0.1) is 0 Å². The van der Waals surface area contributed by atoms with Crippen molar-refractivity contribution >= 4 is 11.9 Å². The highest BCUT2D eigenvalue weighted by Crippen LogP contribution is 2.26. The highest BCUT2D eigenvalue weighted by molar-refractivity contribution is 6.06. The monoisotopic (exact) mass is 301 g/mol. The lowest BCUT2D eigenvalue weighted by atomic mass is 10.1. The van der Waals surface area contributed by atoms with Crippen molar-refractivity contribution in [1.82, 2.24) is 10.6 Å². The Morgan fingerprint density at radius 2 is 2.14 bits per heavy atom. The average molecular weight is 301 g/mol. The van der Waals surface area contributed by atoms with Gasteiger partial charge in [0.05, 0.1) is 0 Å². The minimum atomic E-state index is -4.77. The molecule has 8 heteroatoms. The molecule has 1 aromatic carbocycles. The third-order valence-corrected chi connectivity index (χ3v) is 2.70. The van der Waals surface area contributed by atoms with E-state index in [4.69, 9.17) is 0 Å². The molecule has 1 aromatic rings. The maximum absolute atomic E-state index is 12.2. The molecule has 114 valence electrons. The van der Waals surface area contributed by atoms with Crippen LogP contribution in [-0.4, -0.2) is 24.8 Å². The second kappa shape index (κ2) is 6.02. The molecule has 21 heavy (non-hydrogen) atoms. The normalized spacial score (nSPS) is 20.3. The predicted octanol–water partition coefficient (Wildman–Crippen LogP) is 2.11. The van der Waals surface area contributed by atoms with Crippen LogP contribution in [0.25, 0.3) is 0 Å². The summed E-state index contributed by atoms with van der Waals surface area (Å²) in [6.45, 7) is 2.49. The quantitative estimate of drug-likeness (QED) is 0.895. The van der Waals surface area contributed by atoms with Crippen molar-refractivity contribution in [1.29, 1.82) is 0 Å². The maximum atomic E-state index is 12.2. The minimum absolute atomic E-state index is 0.328. The highest BCUT2D eigenvalue weighted by atomic mass is 19.4. The summed E-state index contributed by atoms with van der Waals surface area (Å²) in [5, 5.41) is 5.38. The van der Waals surface area contributed by atoms with Gasteiger partial charge in [-0.05, 0) is 24.1 Å². The van der Waals surface area contributed by atoms with Crippen molar-refractivity contribution in [3.05, 3.63) is 29.8 Å². The van der Waals surface area contributed by atoms with Gasteiger partial charge in [0.2, 0.25) is 0 Å². The summed E-state index contributed by atoms with van der Waals surface area (Å²) in [6, 6.07) is 4.51. The number of hydrogen-bond acceptors (Lipinski definition) is 3. The third kappa shape index (κ3) is 4.11. The van der Waals surface area contributed by atoms with Crippen LogP contribution in [0.3, 0.4) is 0 Å². The molecule has 2 rings (SSSR count). The number of aliphatic imine (C=N–C) groups is 1. The molecule has 0 saturated carbocycles. The van der Waals surface area contributed by atoms with Gasteiger partial charge in [0.1, 0.15) is 11.8 Å². The smallest absolute Gasteiger partial charge is 0.406 e. The van der Waals surface area contributed by atoms with Gasteiger partial charge in [0.25, 0.3) is 5.91 Å². The van der Waals surface area contributed by atoms with Gasteiger partial charge in [-0.3, -0.25) is 15.1 Å². The van der Waals surface area contributed by atoms with Gasteiger partial charge in [-0.2, -0.15) is 0 Å². The van der Waals surface area contributed by atoms with Crippen molar-refractivity contribution in [2.45, 2.75) is 25.7 Å². The number of carbonyl (C=O) groups excluding carboxylic acids is 1. The number of rotatable bonds is 4. The molecule has 1 aliphatic rings. The highest BCUT2D eigenvalue weighted by Gasteiger charge is 2.33. The van der Waals surface area contributed by atoms with E-state index in [0.717, 1.165) is 6.42 Å². The zero-order valence-electron chi connectivity index (χ0n) is 11.2. The van der Waals surface area contributed by atoms with E-state index in [2.05, 4.69) is 20.4 Å². The predicted molar refractivity (Wildman–Crippen MR) is 69.7 cm³/mol. The standard InChI is InChI=1S/C13H14F3N3O2/c1-2-6-17-12-18-10(11(20)19-12)8-4-3-5-9(7-8)21-13(14,15)16/h3-5,7,10H,2,6H2,1H3,(H2,17,18,19,20). The lowest BCUT2D eigenvalue weighted by Gasteiger charge is -2.12. The van der Waals surface area contributed by atoms with Gasteiger partial charge in [-0.25, -0.2) is 0 Å². The van der Waals surface area contributed by atoms with Crippen LogP contribution in [0.1, 0.15) is 24.9 Å². The van der Waals surface area contributed by atoms with E-state index in [0.29, 0.717) is 18.1 Å². The first-order valence-corrected chi connectivity index (χ1v) is 6.36. The molecule has 0 bridgehead atoms. The van der Waals surface area contributed by atoms with Gasteiger partial charge >= 0.3 is 6.36 Å². The lowest BCUT2D eigenvalue weighted by molar-refractivity contribution is -0.274. The van der Waals surface area contributed by atoms with Crippen molar-refractivity contribution < 1.29 is 22.7 Å². The first-order chi connectivity index (χ1) is 9.89. The molecule has 1 unspecified atom stereocenters. The van der Waals surface area contributed by atoms with Gasteiger partial charge in [-0.15, -0.1) is 13.2 Å². The van der Waals surface area contributed by atoms with E-state index in [1.807, 2.05) is 6.92 Å². The summed E-state index contributed by atoms with van der Waals surface area (Å²) in [5.41, 5.74) is 0.371. The summed E-state index contributed by atoms with van der Waals surface area (Å²) in [6.07, 6.45) is -3.95. The molecule has 0 aromatic heterocycles. The van der Waals surface area contributed by atoms with Crippen molar-refractivity contribution in [3.8, 4) is 5.75 Å². The summed E-state index contributed by atoms with van der Waals surface area (Å²) in [4.78, 5) is 15.9. The number of halogens is 3. The van der Waals surface area contributed by atoms with Gasteiger partial charge < -0.3 is 10.1 Å². The topological polar surface area (TPSA) is 62.7 Å². The number of hydrogen-bond donors (Lipinski definition) is 2. The molecule has 1 saturated heterocycles. The molecule has 1 atom stereocenters. The van der Waals surface area contributed by atoms with E-state index in [-0.39, 0.29) is 11.7 Å². The molecule has 0 aliphatic carbocycles. The summed E-state index contributed by atoms with van der Waals surface area (Å²) in [5.74, 6) is -0.406. The number of carbonyl (C=O) groups is 1. The second-order valence-corrected chi connectivity index (χ2v) is 4.42. The van der Waals surface area contributed by atoms with Crippen molar-refractivity contribution in [2.75, 3.05) is 6.54 Å². The Hall–Kier alpha value is -2.25. The maximum Gasteiger partial charge on any atom is 0.573 e. The zero-order chi connectivity index (χ0) is 15.5. The fraction of sp³-hybridized carbons (Fsp3) is 0.385. The largest absolute Gasteiger partial charge is 0.573 e. The number of ether oxygens (including phenoxy) is 1. The number of benzene rings is 1. The van der Waals surface area contributed by atoms with Crippen LogP contribution < -0.4 is 15.4 Å². The van der Waals surface area contributed by atoms with Gasteiger partial charge in [0, 0.05) is 6.54 Å². The lowest BCUT2D eigenvalue weighted by Crippen LogP contribution is -2.25. The molecular formula is C13H14F3N3O2. The summed E-state index contributed by atoms with van der Waals surface area (Å²) < 4.78 is 40.4. The molecular weight excluding hydrogens is 287 g/mol. The van der Waals surface area contributed by atoms with Gasteiger partial charge in [0.15, 0.2) is 5.96 Å². The first-order valence-electron chi connectivity index (χ1n) is 6.36. The SMILES string of the molecule is CCCN=C1NC(=O)C(c2cccc(OC(F)(F)F)c2)N1. The number of guanidine groups is 1. The van der Waals surface area contributed by atoms with Crippen LogP contribution in [0.15, 0.2) is 29.3 Å². The zero-order valence-corrected chi connectivity index (χ0v) is 11.2. The summed E-state index contributed by atoms with van der Waals surface area (Å²) >= 11 is 0. The molecule has 1 fully saturated rings. The first kappa shape index (κ1) is 15.1. The van der Waals surface area contributed by atoms with E-state index in [1.165, 1.54) is 18.2 Å².